The number of thiophene rings is 1. The Morgan fingerprint density at radius 2 is 1.75 bits per heavy atom. The molecule has 3 aromatic rings. The number of piperidine rings is 1. The smallest absolute Gasteiger partial charge is 0.250 e. The topological polar surface area (TPSA) is 59.4 Å². The molecule has 1 fully saturated rings. The minimum Gasteiger partial charge on any atom is -0.311 e. The van der Waals surface area contributed by atoms with Gasteiger partial charge >= 0.3 is 0 Å². The fraction of sp³-hybridized carbons (Fsp3) is 0.286. The molecule has 2 aromatic heterocycles. The van der Waals surface area contributed by atoms with Crippen LogP contribution in [0.25, 0.3) is 10.4 Å². The molecular weight excluding hydrogens is 392 g/mol. The van der Waals surface area contributed by atoms with Gasteiger partial charge in [0, 0.05) is 47.8 Å². The molecule has 2 aliphatic rings. The first-order chi connectivity index (χ1) is 13.5. The summed E-state index contributed by atoms with van der Waals surface area (Å²) in [4.78, 5) is 14.0. The molecule has 2 aliphatic heterocycles. The zero-order chi connectivity index (χ0) is 19.3. The van der Waals surface area contributed by atoms with Crippen LogP contribution >= 0.6 is 11.3 Å². The first kappa shape index (κ1) is 17.8. The van der Waals surface area contributed by atoms with Gasteiger partial charge in [0.15, 0.2) is 0 Å². The Hall–Kier alpha value is -2.22. The van der Waals surface area contributed by atoms with E-state index in [1.165, 1.54) is 0 Å². The molecule has 0 saturated carbocycles. The van der Waals surface area contributed by atoms with Gasteiger partial charge in [-0.1, -0.05) is 24.3 Å². The summed E-state index contributed by atoms with van der Waals surface area (Å²) >= 11 is 1.64. The lowest BCUT2D eigenvalue weighted by Gasteiger charge is -2.42. The molecule has 4 heterocycles. The number of benzene rings is 1. The van der Waals surface area contributed by atoms with E-state index in [0.717, 1.165) is 22.6 Å². The van der Waals surface area contributed by atoms with E-state index in [2.05, 4.69) is 6.07 Å². The summed E-state index contributed by atoms with van der Waals surface area (Å²) in [5, 5.41) is 2.02. The number of hydrogen-bond donors (Lipinski definition) is 0. The van der Waals surface area contributed by atoms with E-state index in [-0.39, 0.29) is 17.4 Å². The van der Waals surface area contributed by atoms with Gasteiger partial charge in [-0.15, -0.1) is 11.3 Å². The lowest BCUT2D eigenvalue weighted by molar-refractivity contribution is 0.187. The van der Waals surface area contributed by atoms with Gasteiger partial charge in [0.2, 0.25) is 10.0 Å². The first-order valence-electron chi connectivity index (χ1n) is 9.37. The number of fused-ring (bicyclic) bond motifs is 4. The van der Waals surface area contributed by atoms with Crippen LogP contribution in [0.2, 0.25) is 0 Å². The number of nitrogens with zero attached hydrogens (tertiary/aromatic N) is 2. The van der Waals surface area contributed by atoms with Crippen LogP contribution in [0.3, 0.4) is 0 Å². The summed E-state index contributed by atoms with van der Waals surface area (Å²) in [6.07, 6.45) is 0.919. The molecule has 5 nitrogen and oxygen atoms in total. The van der Waals surface area contributed by atoms with Crippen molar-refractivity contribution in [2.75, 3.05) is 13.1 Å². The van der Waals surface area contributed by atoms with Crippen LogP contribution in [-0.4, -0.2) is 30.4 Å². The van der Waals surface area contributed by atoms with E-state index >= 15 is 0 Å². The predicted octanol–water partition coefficient (Wildman–Crippen LogP) is 3.38. The van der Waals surface area contributed by atoms with Crippen LogP contribution in [0.1, 0.15) is 18.0 Å². The van der Waals surface area contributed by atoms with Crippen molar-refractivity contribution in [3.63, 3.8) is 0 Å². The largest absolute Gasteiger partial charge is 0.311 e. The zero-order valence-electron chi connectivity index (χ0n) is 15.2. The summed E-state index contributed by atoms with van der Waals surface area (Å²) in [7, 11) is -3.53. The summed E-state index contributed by atoms with van der Waals surface area (Å²) in [5.41, 5.74) is 2.04. The molecule has 0 aliphatic carbocycles. The van der Waals surface area contributed by atoms with E-state index in [4.69, 9.17) is 0 Å². The average molecular weight is 413 g/mol. The molecule has 2 bridgehead atoms. The predicted molar refractivity (Wildman–Crippen MR) is 110 cm³/mol. The number of sulfonamides is 1. The molecule has 5 rings (SSSR count). The highest BCUT2D eigenvalue weighted by Crippen LogP contribution is 2.42. The maximum atomic E-state index is 13.2. The lowest BCUT2D eigenvalue weighted by Crippen LogP contribution is -2.49. The Bertz CT molecular complexity index is 1170. The van der Waals surface area contributed by atoms with Crippen molar-refractivity contribution in [1.29, 1.82) is 0 Å². The van der Waals surface area contributed by atoms with Gasteiger partial charge in [0.25, 0.3) is 5.56 Å². The quantitative estimate of drug-likeness (QED) is 0.663. The molecule has 0 spiro atoms. The highest BCUT2D eigenvalue weighted by molar-refractivity contribution is 7.89. The van der Waals surface area contributed by atoms with Crippen molar-refractivity contribution >= 4 is 21.4 Å². The Morgan fingerprint density at radius 1 is 0.929 bits per heavy atom. The second-order valence-corrected chi connectivity index (χ2v) is 10.4. The Balaban J connectivity index is 1.58. The Morgan fingerprint density at radius 3 is 2.50 bits per heavy atom. The number of aromatic nitrogens is 1. The van der Waals surface area contributed by atoms with Crippen LogP contribution in [0.5, 0.6) is 0 Å². The van der Waals surface area contributed by atoms with E-state index in [1.807, 2.05) is 28.1 Å². The summed E-state index contributed by atoms with van der Waals surface area (Å²) < 4.78 is 29.8. The molecule has 0 amide bonds. The summed E-state index contributed by atoms with van der Waals surface area (Å²) in [6.45, 7) is 1.45. The average Bonchev–Trinajstić information content (AvgIpc) is 3.24. The second kappa shape index (κ2) is 6.69. The van der Waals surface area contributed by atoms with E-state index in [0.29, 0.717) is 24.5 Å². The third-order valence-electron chi connectivity index (χ3n) is 5.72. The molecule has 0 radical (unpaired) electrons. The van der Waals surface area contributed by atoms with E-state index in [1.54, 1.807) is 46.0 Å². The summed E-state index contributed by atoms with van der Waals surface area (Å²) in [5.74, 6) is 0.179. The van der Waals surface area contributed by atoms with Gasteiger partial charge in [0.1, 0.15) is 0 Å². The van der Waals surface area contributed by atoms with Gasteiger partial charge in [-0.3, -0.25) is 4.79 Å². The van der Waals surface area contributed by atoms with Crippen LogP contribution in [-0.2, 0) is 16.6 Å². The van der Waals surface area contributed by atoms with Crippen LogP contribution in [0.4, 0.5) is 0 Å². The fourth-order valence-electron chi connectivity index (χ4n) is 4.55. The van der Waals surface area contributed by atoms with Crippen molar-refractivity contribution in [2.45, 2.75) is 23.8 Å². The van der Waals surface area contributed by atoms with Gasteiger partial charge in [-0.25, -0.2) is 8.42 Å². The Kier molecular flexibility index (Phi) is 4.26. The Labute approximate surface area is 167 Å². The molecule has 7 heteroatoms. The molecule has 2 unspecified atom stereocenters. The maximum absolute atomic E-state index is 13.2. The maximum Gasteiger partial charge on any atom is 0.250 e. The van der Waals surface area contributed by atoms with Gasteiger partial charge < -0.3 is 4.57 Å². The van der Waals surface area contributed by atoms with Crippen molar-refractivity contribution in [1.82, 2.24) is 8.87 Å². The summed E-state index contributed by atoms with van der Waals surface area (Å²) in [6, 6.07) is 16.2. The third-order valence-corrected chi connectivity index (χ3v) is 8.47. The van der Waals surface area contributed by atoms with E-state index < -0.39 is 10.0 Å². The molecule has 144 valence electrons. The monoisotopic (exact) mass is 412 g/mol. The third kappa shape index (κ3) is 2.85. The molecular formula is C21H20N2O3S2. The molecule has 2 atom stereocenters. The number of pyridine rings is 1. The molecule has 1 saturated heterocycles. The molecule has 0 N–H and O–H groups in total. The van der Waals surface area contributed by atoms with Crippen LogP contribution < -0.4 is 5.56 Å². The standard InChI is InChI=1S/C21H20N2O3S2/c24-20-9-8-18(19-7-4-10-27-19)21-16-11-15(13-23(20)21)12-22(14-16)28(25,26)17-5-2-1-3-6-17/h1-10,15-16H,11-14H2. The SMILES string of the molecule is O=c1ccc(-c2cccs2)c2n1CC1CC2CN(S(=O)(=O)c2ccccc2)C1. The van der Waals surface area contributed by atoms with Crippen molar-refractivity contribution < 1.29 is 8.42 Å². The fourth-order valence-corrected chi connectivity index (χ4v) is 6.89. The van der Waals surface area contributed by atoms with Crippen molar-refractivity contribution in [2.24, 2.45) is 5.92 Å². The van der Waals surface area contributed by atoms with Crippen LogP contribution in [0, 0.1) is 5.92 Å². The van der Waals surface area contributed by atoms with Gasteiger partial charge in [0.05, 0.1) is 4.90 Å². The normalized spacial score (nSPS) is 22.0. The van der Waals surface area contributed by atoms with E-state index in [9.17, 15) is 13.2 Å². The zero-order valence-corrected chi connectivity index (χ0v) is 16.8. The number of rotatable bonds is 3. The minimum atomic E-state index is -3.53. The van der Waals surface area contributed by atoms with Gasteiger partial charge in [-0.05, 0) is 42.0 Å². The lowest BCUT2D eigenvalue weighted by atomic mass is 9.82. The first-order valence-corrected chi connectivity index (χ1v) is 11.7. The van der Waals surface area contributed by atoms with Crippen LogP contribution in [0.15, 0.2) is 69.7 Å². The number of hydrogen-bond acceptors (Lipinski definition) is 4. The second-order valence-electron chi connectivity index (χ2n) is 7.49. The van der Waals surface area contributed by atoms with Gasteiger partial charge in [-0.2, -0.15) is 4.31 Å². The highest BCUT2D eigenvalue weighted by Gasteiger charge is 2.40. The van der Waals surface area contributed by atoms with Crippen molar-refractivity contribution in [3.8, 4) is 10.4 Å². The molecule has 28 heavy (non-hydrogen) atoms. The highest BCUT2D eigenvalue weighted by atomic mass is 32.2. The van der Waals surface area contributed by atoms with Crippen molar-refractivity contribution in [3.05, 3.63) is 76.0 Å². The minimum absolute atomic E-state index is 0.00405. The molecule has 1 aromatic carbocycles.